The number of aromatic nitrogens is 2. The number of rotatable bonds is 4. The molecule has 6 nitrogen and oxygen atoms in total. The van der Waals surface area contributed by atoms with Gasteiger partial charge in [-0.1, -0.05) is 34.6 Å². The Kier molecular flexibility index (Phi) is 6.02. The van der Waals surface area contributed by atoms with E-state index in [1.54, 1.807) is 24.3 Å². The van der Waals surface area contributed by atoms with Crippen molar-refractivity contribution in [2.24, 2.45) is 5.41 Å². The summed E-state index contributed by atoms with van der Waals surface area (Å²) in [6.07, 6.45) is 0. The van der Waals surface area contributed by atoms with Gasteiger partial charge in [0.05, 0.1) is 5.54 Å². The maximum Gasteiger partial charge on any atom is 0.276 e. The molecule has 2 aromatic rings. The molecule has 1 heterocycles. The molecule has 1 aromatic heterocycles. The molecule has 0 aliphatic rings. The highest BCUT2D eigenvalue weighted by atomic mass is 16.2. The highest BCUT2D eigenvalue weighted by Gasteiger charge is 2.24. The largest absolute Gasteiger partial charge is 0.326 e. The highest BCUT2D eigenvalue weighted by molar-refractivity contribution is 6.03. The first-order chi connectivity index (χ1) is 12.8. The van der Waals surface area contributed by atoms with Crippen molar-refractivity contribution >= 4 is 23.2 Å². The molecule has 0 radical (unpaired) electrons. The minimum absolute atomic E-state index is 0.0572. The molecule has 0 saturated carbocycles. The Labute approximate surface area is 167 Å². The van der Waals surface area contributed by atoms with Gasteiger partial charge in [0.25, 0.3) is 5.91 Å². The van der Waals surface area contributed by atoms with E-state index in [4.69, 9.17) is 0 Å². The predicted molar refractivity (Wildman–Crippen MR) is 114 cm³/mol. The third-order valence-electron chi connectivity index (χ3n) is 4.28. The monoisotopic (exact) mass is 384 g/mol. The molecule has 0 atom stereocenters. The Hall–Kier alpha value is -2.63. The maximum absolute atomic E-state index is 12.7. The Morgan fingerprint density at radius 1 is 0.929 bits per heavy atom. The first-order valence-corrected chi connectivity index (χ1v) is 9.62. The minimum Gasteiger partial charge on any atom is -0.326 e. The molecule has 0 aliphatic heterocycles. The summed E-state index contributed by atoms with van der Waals surface area (Å²) in [6.45, 7) is 16.0. The van der Waals surface area contributed by atoms with Crippen LogP contribution in [-0.4, -0.2) is 21.6 Å². The third-order valence-corrected chi connectivity index (χ3v) is 4.28. The molecule has 0 spiro atoms. The molecule has 1 aromatic carbocycles. The Balaban J connectivity index is 2.14. The van der Waals surface area contributed by atoms with Crippen molar-refractivity contribution in [1.29, 1.82) is 0 Å². The molecule has 0 saturated heterocycles. The molecule has 6 heteroatoms. The van der Waals surface area contributed by atoms with Crippen LogP contribution < -0.4 is 10.6 Å². The van der Waals surface area contributed by atoms with Gasteiger partial charge in [-0.05, 0) is 57.0 Å². The predicted octanol–water partition coefficient (Wildman–Crippen LogP) is 5.00. The van der Waals surface area contributed by atoms with Crippen LogP contribution in [0.3, 0.4) is 0 Å². The van der Waals surface area contributed by atoms with Crippen molar-refractivity contribution in [2.45, 2.75) is 66.8 Å². The Morgan fingerprint density at radius 3 is 1.82 bits per heavy atom. The molecule has 2 amide bonds. The number of hydrogen-bond acceptors (Lipinski definition) is 3. The molecule has 0 fully saturated rings. The molecule has 0 bridgehead atoms. The zero-order chi connectivity index (χ0) is 21.3. The van der Waals surface area contributed by atoms with Gasteiger partial charge in [-0.15, -0.1) is 0 Å². The van der Waals surface area contributed by atoms with E-state index in [2.05, 4.69) is 50.4 Å². The summed E-state index contributed by atoms with van der Waals surface area (Å²) in [5.74, 6) is -0.0476. The summed E-state index contributed by atoms with van der Waals surface area (Å²) in [5, 5.41) is 10.3. The summed E-state index contributed by atoms with van der Waals surface area (Å²) in [7, 11) is 0. The van der Waals surface area contributed by atoms with Gasteiger partial charge < -0.3 is 10.6 Å². The lowest BCUT2D eigenvalue weighted by Crippen LogP contribution is -2.27. The zero-order valence-corrected chi connectivity index (χ0v) is 18.2. The lowest BCUT2D eigenvalue weighted by Gasteiger charge is -2.23. The van der Waals surface area contributed by atoms with Gasteiger partial charge in [0.1, 0.15) is 0 Å². The van der Waals surface area contributed by atoms with Crippen molar-refractivity contribution in [1.82, 2.24) is 9.78 Å². The molecule has 2 rings (SSSR count). The van der Waals surface area contributed by atoms with Crippen LogP contribution in [0.4, 0.5) is 11.4 Å². The fourth-order valence-corrected chi connectivity index (χ4v) is 2.61. The van der Waals surface area contributed by atoms with Crippen molar-refractivity contribution in [3.05, 3.63) is 41.7 Å². The fourth-order valence-electron chi connectivity index (χ4n) is 2.61. The first kappa shape index (κ1) is 21.7. The van der Waals surface area contributed by atoms with Gasteiger partial charge in [-0.25, -0.2) is 0 Å². The van der Waals surface area contributed by atoms with Gasteiger partial charge in [0.2, 0.25) is 5.91 Å². The molecule has 0 aliphatic carbocycles. The number of amides is 2. The van der Waals surface area contributed by atoms with E-state index in [-0.39, 0.29) is 23.3 Å². The number of nitrogens with zero attached hydrogens (tertiary/aromatic N) is 2. The summed E-state index contributed by atoms with van der Waals surface area (Å²) in [5.41, 5.74) is 2.09. The van der Waals surface area contributed by atoms with Crippen LogP contribution in [0.1, 0.15) is 77.5 Å². The van der Waals surface area contributed by atoms with Gasteiger partial charge in [-0.3, -0.25) is 14.3 Å². The van der Waals surface area contributed by atoms with E-state index in [1.165, 1.54) is 0 Å². The van der Waals surface area contributed by atoms with Crippen LogP contribution in [0.5, 0.6) is 0 Å². The summed E-state index contributed by atoms with van der Waals surface area (Å²) in [6, 6.07) is 8.92. The summed E-state index contributed by atoms with van der Waals surface area (Å²) >= 11 is 0. The van der Waals surface area contributed by atoms with Gasteiger partial charge in [-0.2, -0.15) is 5.10 Å². The number of anilines is 2. The van der Waals surface area contributed by atoms with Crippen molar-refractivity contribution in [3.8, 4) is 0 Å². The van der Waals surface area contributed by atoms with E-state index in [0.29, 0.717) is 17.1 Å². The second-order valence-corrected chi connectivity index (χ2v) is 9.43. The van der Waals surface area contributed by atoms with E-state index in [1.807, 2.05) is 31.5 Å². The fraction of sp³-hybridized carbons (Fsp3) is 0.500. The van der Waals surface area contributed by atoms with E-state index >= 15 is 0 Å². The summed E-state index contributed by atoms with van der Waals surface area (Å²) < 4.78 is 1.91. The number of carbonyl (C=O) groups excluding carboxylic acids is 2. The van der Waals surface area contributed by atoms with E-state index < -0.39 is 5.41 Å². The smallest absolute Gasteiger partial charge is 0.276 e. The van der Waals surface area contributed by atoms with E-state index in [9.17, 15) is 9.59 Å². The van der Waals surface area contributed by atoms with Crippen molar-refractivity contribution in [3.63, 3.8) is 0 Å². The van der Waals surface area contributed by atoms with Crippen LogP contribution in [0, 0.1) is 5.41 Å². The van der Waals surface area contributed by atoms with Gasteiger partial charge in [0.15, 0.2) is 5.69 Å². The van der Waals surface area contributed by atoms with Crippen LogP contribution >= 0.6 is 0 Å². The quantitative estimate of drug-likeness (QED) is 0.779. The van der Waals surface area contributed by atoms with Crippen LogP contribution in [0.15, 0.2) is 30.3 Å². The van der Waals surface area contributed by atoms with Gasteiger partial charge in [0, 0.05) is 22.5 Å². The molecule has 28 heavy (non-hydrogen) atoms. The lowest BCUT2D eigenvalue weighted by molar-refractivity contribution is -0.123. The van der Waals surface area contributed by atoms with Crippen molar-refractivity contribution < 1.29 is 9.59 Å². The lowest BCUT2D eigenvalue weighted by atomic mass is 9.95. The number of nitrogens with one attached hydrogen (secondary N) is 2. The Morgan fingerprint density at radius 2 is 1.43 bits per heavy atom. The number of benzene rings is 1. The molecule has 152 valence electrons. The van der Waals surface area contributed by atoms with Gasteiger partial charge >= 0.3 is 0 Å². The van der Waals surface area contributed by atoms with Crippen molar-refractivity contribution in [2.75, 3.05) is 10.6 Å². The average Bonchev–Trinajstić information content (AvgIpc) is 3.02. The topological polar surface area (TPSA) is 76.0 Å². The van der Waals surface area contributed by atoms with Crippen LogP contribution in [0.25, 0.3) is 0 Å². The highest BCUT2D eigenvalue weighted by Crippen LogP contribution is 2.24. The third kappa shape index (κ3) is 5.21. The molecular formula is C22H32N4O2. The average molecular weight is 385 g/mol. The first-order valence-electron chi connectivity index (χ1n) is 9.62. The van der Waals surface area contributed by atoms with E-state index in [0.717, 1.165) is 5.69 Å². The normalized spacial score (nSPS) is 12.2. The molecule has 2 N–H and O–H groups in total. The zero-order valence-electron chi connectivity index (χ0n) is 18.2. The van der Waals surface area contributed by atoms with Crippen LogP contribution in [0.2, 0.25) is 0 Å². The standard InChI is InChI=1S/C22H32N4O2/c1-14(2)18-13-17(25-26(18)22(6,7)8)19(27)23-15-9-11-16(12-10-15)24-20(28)21(3,4)5/h9-14H,1-8H3,(H,23,27)(H,24,28). The summed E-state index contributed by atoms with van der Waals surface area (Å²) in [4.78, 5) is 24.7. The van der Waals surface area contributed by atoms with Crippen LogP contribution in [-0.2, 0) is 10.3 Å². The second kappa shape index (κ2) is 7.78. The SMILES string of the molecule is CC(C)c1cc(C(=O)Nc2ccc(NC(=O)C(C)(C)C)cc2)nn1C(C)(C)C. The second-order valence-electron chi connectivity index (χ2n) is 9.43. The molecule has 0 unspecified atom stereocenters. The number of hydrogen-bond donors (Lipinski definition) is 2. The molecular weight excluding hydrogens is 352 g/mol. The Bertz CT molecular complexity index is 850. The minimum atomic E-state index is -0.465. The number of carbonyl (C=O) groups is 2. The maximum atomic E-state index is 12.7.